The Morgan fingerprint density at radius 2 is 1.79 bits per heavy atom. The Hall–Kier alpha value is -3.86. The number of hydrogen-bond donors (Lipinski definition) is 2. The van der Waals surface area contributed by atoms with E-state index in [2.05, 4.69) is 40.4 Å². The molecule has 2 heterocycles. The minimum Gasteiger partial charge on any atom is -0.424 e. The van der Waals surface area contributed by atoms with Crippen LogP contribution in [0.3, 0.4) is 0 Å². The predicted octanol–water partition coefficient (Wildman–Crippen LogP) is 5.35. The van der Waals surface area contributed by atoms with E-state index in [9.17, 15) is 0 Å². The van der Waals surface area contributed by atoms with Crippen LogP contribution in [0.25, 0.3) is 11.1 Å². The van der Waals surface area contributed by atoms with Gasteiger partial charge in [0.15, 0.2) is 11.7 Å². The summed E-state index contributed by atoms with van der Waals surface area (Å²) in [5, 5.41) is 6.68. The zero-order valence-corrected chi connectivity index (χ0v) is 16.0. The number of oxazole rings is 1. The Kier molecular flexibility index (Phi) is 4.13. The molecule has 5 heteroatoms. The third kappa shape index (κ3) is 3.27. The van der Waals surface area contributed by atoms with Gasteiger partial charge in [0.05, 0.1) is 11.4 Å². The molecule has 4 aromatic rings. The van der Waals surface area contributed by atoms with Crippen molar-refractivity contribution in [3.8, 4) is 0 Å². The van der Waals surface area contributed by atoms with E-state index in [0.717, 1.165) is 44.9 Å². The minimum atomic E-state index is -0.438. The number of fused-ring (bicyclic) bond motifs is 2. The summed E-state index contributed by atoms with van der Waals surface area (Å²) in [4.78, 5) is 9.56. The van der Waals surface area contributed by atoms with E-state index in [-0.39, 0.29) is 0 Å². The molecule has 0 bridgehead atoms. The molecule has 0 spiro atoms. The first-order valence-corrected chi connectivity index (χ1v) is 9.49. The molecule has 29 heavy (non-hydrogen) atoms. The molecule has 1 aliphatic rings. The molecule has 3 aromatic carbocycles. The summed E-state index contributed by atoms with van der Waals surface area (Å²) in [6, 6.07) is 24.6. The molecule has 0 fully saturated rings. The Bertz CT molecular complexity index is 1240. The molecule has 5 rings (SSSR count). The molecule has 2 N–H and O–H groups in total. The summed E-state index contributed by atoms with van der Waals surface area (Å²) >= 11 is 0. The molecule has 1 aliphatic heterocycles. The number of nitrogens with one attached hydrogen (secondary N) is 2. The second kappa shape index (κ2) is 6.95. The summed E-state index contributed by atoms with van der Waals surface area (Å²) in [5.74, 6) is 0. The van der Waals surface area contributed by atoms with Crippen molar-refractivity contribution in [2.24, 2.45) is 4.99 Å². The van der Waals surface area contributed by atoms with Crippen molar-refractivity contribution >= 4 is 28.5 Å². The quantitative estimate of drug-likeness (QED) is 0.503. The van der Waals surface area contributed by atoms with E-state index in [0.29, 0.717) is 6.01 Å². The largest absolute Gasteiger partial charge is 0.424 e. The molecule has 0 saturated carbocycles. The number of hydrogen-bond acceptors (Lipinski definition) is 5. The monoisotopic (exact) mass is 380 g/mol. The highest BCUT2D eigenvalue weighted by atomic mass is 16.4. The first kappa shape index (κ1) is 17.3. The van der Waals surface area contributed by atoms with Gasteiger partial charge in [-0.25, -0.2) is 0 Å². The Morgan fingerprint density at radius 3 is 2.66 bits per heavy atom. The van der Waals surface area contributed by atoms with Gasteiger partial charge in [-0.05, 0) is 30.7 Å². The highest BCUT2D eigenvalue weighted by Crippen LogP contribution is 2.28. The fourth-order valence-electron chi connectivity index (χ4n) is 3.48. The average molecular weight is 380 g/mol. The van der Waals surface area contributed by atoms with Crippen molar-refractivity contribution in [2.45, 2.75) is 13.1 Å². The smallest absolute Gasteiger partial charge is 0.297 e. The molecule has 0 amide bonds. The van der Waals surface area contributed by atoms with Crippen LogP contribution >= 0.6 is 0 Å². The molecular formula is C24H20N4O. The van der Waals surface area contributed by atoms with Crippen LogP contribution in [-0.2, 0) is 0 Å². The topological polar surface area (TPSA) is 62.5 Å². The van der Waals surface area contributed by atoms with Crippen LogP contribution in [-0.4, -0.2) is 16.9 Å². The fourth-order valence-corrected chi connectivity index (χ4v) is 3.48. The molecule has 0 saturated heterocycles. The van der Waals surface area contributed by atoms with E-state index in [1.165, 1.54) is 0 Å². The van der Waals surface area contributed by atoms with Gasteiger partial charge < -0.3 is 15.1 Å². The molecular weight excluding hydrogens is 360 g/mol. The Balaban J connectivity index is 1.57. The number of aromatic nitrogens is 1. The first-order valence-electron chi connectivity index (χ1n) is 9.49. The van der Waals surface area contributed by atoms with Gasteiger partial charge in [-0.3, -0.25) is 4.99 Å². The van der Waals surface area contributed by atoms with Crippen molar-refractivity contribution in [2.75, 3.05) is 10.6 Å². The molecule has 142 valence electrons. The maximum absolute atomic E-state index is 5.87. The van der Waals surface area contributed by atoms with E-state index < -0.39 is 6.17 Å². The van der Waals surface area contributed by atoms with Crippen LogP contribution in [0, 0.1) is 6.92 Å². The van der Waals surface area contributed by atoms with Gasteiger partial charge in [-0.2, -0.15) is 4.98 Å². The molecule has 1 unspecified atom stereocenters. The first-order chi connectivity index (χ1) is 14.2. The number of para-hydroxylation sites is 1. The highest BCUT2D eigenvalue weighted by Gasteiger charge is 2.23. The van der Waals surface area contributed by atoms with E-state index in [1.54, 1.807) is 0 Å². The van der Waals surface area contributed by atoms with Crippen LogP contribution < -0.4 is 10.6 Å². The summed E-state index contributed by atoms with van der Waals surface area (Å²) in [7, 11) is 0. The predicted molar refractivity (Wildman–Crippen MR) is 117 cm³/mol. The number of aliphatic imine (C=N–C) groups is 1. The highest BCUT2D eigenvalue weighted by molar-refractivity contribution is 6.16. The SMILES string of the molecule is C=C1Nc2ccccc2C(c2ccccc2)=NC1Nc1nc2cc(C)ccc2o1. The molecule has 1 aromatic heterocycles. The minimum absolute atomic E-state index is 0.417. The van der Waals surface area contributed by atoms with Crippen LogP contribution in [0.15, 0.2) is 94.5 Å². The van der Waals surface area contributed by atoms with E-state index >= 15 is 0 Å². The van der Waals surface area contributed by atoms with Gasteiger partial charge in [0.25, 0.3) is 6.01 Å². The van der Waals surface area contributed by atoms with Crippen molar-refractivity contribution < 1.29 is 4.42 Å². The maximum Gasteiger partial charge on any atom is 0.297 e. The van der Waals surface area contributed by atoms with Crippen molar-refractivity contribution in [1.29, 1.82) is 0 Å². The number of aryl methyl sites for hydroxylation is 1. The third-order valence-corrected chi connectivity index (χ3v) is 4.92. The van der Waals surface area contributed by atoms with Gasteiger partial charge in [-0.15, -0.1) is 0 Å². The number of anilines is 2. The normalized spacial score (nSPS) is 16.0. The summed E-state index contributed by atoms with van der Waals surface area (Å²) < 4.78 is 5.87. The van der Waals surface area contributed by atoms with Crippen LogP contribution in [0.1, 0.15) is 16.7 Å². The van der Waals surface area contributed by atoms with Crippen molar-refractivity contribution in [3.05, 3.63) is 102 Å². The molecule has 1 atom stereocenters. The maximum atomic E-state index is 5.87. The lowest BCUT2D eigenvalue weighted by Gasteiger charge is -2.15. The Labute approximate surface area is 168 Å². The van der Waals surface area contributed by atoms with Gasteiger partial charge in [0.2, 0.25) is 0 Å². The van der Waals surface area contributed by atoms with E-state index in [4.69, 9.17) is 9.41 Å². The van der Waals surface area contributed by atoms with E-state index in [1.807, 2.05) is 61.5 Å². The third-order valence-electron chi connectivity index (χ3n) is 4.92. The van der Waals surface area contributed by atoms with Gasteiger partial charge in [0.1, 0.15) is 5.52 Å². The number of nitrogens with zero attached hydrogens (tertiary/aromatic N) is 2. The summed E-state index contributed by atoms with van der Waals surface area (Å²) in [6.45, 7) is 6.23. The number of benzodiazepines with no additional fused rings is 1. The lowest BCUT2D eigenvalue weighted by molar-refractivity contribution is 0.606. The van der Waals surface area contributed by atoms with Crippen LogP contribution in [0.2, 0.25) is 0 Å². The standard InChI is InChI=1S/C24H20N4O/c1-15-12-13-21-20(14-15)26-24(29-21)28-23-16(2)25-19-11-7-6-10-18(19)22(27-23)17-8-4-3-5-9-17/h3-14,23,25H,2H2,1H3,(H,26,28). The van der Waals surface area contributed by atoms with Crippen LogP contribution in [0.4, 0.5) is 11.7 Å². The van der Waals surface area contributed by atoms with Gasteiger partial charge in [-0.1, -0.05) is 61.2 Å². The lowest BCUT2D eigenvalue weighted by Crippen LogP contribution is -2.23. The van der Waals surface area contributed by atoms with Crippen LogP contribution in [0.5, 0.6) is 0 Å². The fraction of sp³-hybridized carbons (Fsp3) is 0.0833. The van der Waals surface area contributed by atoms with Gasteiger partial charge >= 0.3 is 0 Å². The molecule has 0 aliphatic carbocycles. The second-order valence-corrected chi connectivity index (χ2v) is 7.08. The second-order valence-electron chi connectivity index (χ2n) is 7.08. The van der Waals surface area contributed by atoms with Crippen molar-refractivity contribution in [1.82, 2.24) is 4.98 Å². The Morgan fingerprint density at radius 1 is 1.00 bits per heavy atom. The number of rotatable bonds is 3. The van der Waals surface area contributed by atoms with Gasteiger partial charge in [0, 0.05) is 16.8 Å². The summed E-state index contributed by atoms with van der Waals surface area (Å²) in [6.07, 6.45) is -0.438. The zero-order valence-electron chi connectivity index (χ0n) is 16.0. The van der Waals surface area contributed by atoms with Crippen molar-refractivity contribution in [3.63, 3.8) is 0 Å². The lowest BCUT2D eigenvalue weighted by atomic mass is 10.0. The molecule has 5 nitrogen and oxygen atoms in total. The average Bonchev–Trinajstić information content (AvgIpc) is 3.07. The molecule has 0 radical (unpaired) electrons. The zero-order chi connectivity index (χ0) is 19.8. The number of benzene rings is 3. The summed E-state index contributed by atoms with van der Waals surface area (Å²) in [5.41, 5.74) is 7.33.